The first-order valence-corrected chi connectivity index (χ1v) is 13.2. The third-order valence-corrected chi connectivity index (χ3v) is 8.72. The van der Waals surface area contributed by atoms with Crippen LogP contribution in [0.25, 0.3) is 0 Å². The average Bonchev–Trinajstić information content (AvgIpc) is 2.82. The fourth-order valence-electron chi connectivity index (χ4n) is 4.55. The molecule has 2 aliphatic heterocycles. The number of nitrogens with one attached hydrogen (secondary N) is 1. The number of carbonyl (C=O) groups is 1. The number of nitrogens with zero attached hydrogens (tertiary/aromatic N) is 2. The van der Waals surface area contributed by atoms with Crippen LogP contribution in [0.2, 0.25) is 5.02 Å². The number of benzene rings is 2. The Morgan fingerprint density at radius 3 is 2.24 bits per heavy atom. The van der Waals surface area contributed by atoms with Crippen LogP contribution in [0.3, 0.4) is 0 Å². The summed E-state index contributed by atoms with van der Waals surface area (Å²) in [5.41, 5.74) is 1.22. The zero-order valence-electron chi connectivity index (χ0n) is 18.4. The summed E-state index contributed by atoms with van der Waals surface area (Å²) < 4.78 is 40.8. The number of amides is 1. The largest absolute Gasteiger partial charge is 0.353 e. The second-order valence-electron chi connectivity index (χ2n) is 8.79. The van der Waals surface area contributed by atoms with Crippen LogP contribution < -0.4 is 5.32 Å². The summed E-state index contributed by atoms with van der Waals surface area (Å²) in [5, 5.41) is 3.90. The van der Waals surface area contributed by atoms with Gasteiger partial charge in [-0.25, -0.2) is 12.8 Å². The van der Waals surface area contributed by atoms with Gasteiger partial charge in [0.1, 0.15) is 10.7 Å². The van der Waals surface area contributed by atoms with Crippen LogP contribution in [-0.2, 0) is 21.4 Å². The normalized spacial score (nSPS) is 19.5. The van der Waals surface area contributed by atoms with Gasteiger partial charge in [0, 0.05) is 49.7 Å². The first-order chi connectivity index (χ1) is 15.8. The van der Waals surface area contributed by atoms with Crippen molar-refractivity contribution in [2.24, 2.45) is 5.92 Å². The lowest BCUT2D eigenvalue weighted by Crippen LogP contribution is -2.48. The number of sulfonamides is 1. The number of hydrogen-bond acceptors (Lipinski definition) is 4. The molecule has 6 nitrogen and oxygen atoms in total. The molecule has 0 radical (unpaired) electrons. The van der Waals surface area contributed by atoms with E-state index < -0.39 is 15.8 Å². The van der Waals surface area contributed by atoms with Gasteiger partial charge in [0.05, 0.1) is 0 Å². The van der Waals surface area contributed by atoms with Crippen molar-refractivity contribution in [3.63, 3.8) is 0 Å². The van der Waals surface area contributed by atoms with E-state index in [0.717, 1.165) is 43.6 Å². The highest BCUT2D eigenvalue weighted by molar-refractivity contribution is 7.89. The highest BCUT2D eigenvalue weighted by atomic mass is 35.5. The molecule has 178 valence electrons. The maximum atomic E-state index is 14.0. The van der Waals surface area contributed by atoms with Gasteiger partial charge in [0.2, 0.25) is 15.9 Å². The monoisotopic (exact) mass is 493 g/mol. The minimum atomic E-state index is -3.89. The zero-order chi connectivity index (χ0) is 23.4. The molecule has 0 aromatic heterocycles. The smallest absolute Gasteiger partial charge is 0.245 e. The Morgan fingerprint density at radius 2 is 1.61 bits per heavy atom. The van der Waals surface area contributed by atoms with Gasteiger partial charge < -0.3 is 5.32 Å². The van der Waals surface area contributed by atoms with Gasteiger partial charge in [-0.2, -0.15) is 4.31 Å². The molecule has 1 N–H and O–H groups in total. The number of rotatable bonds is 6. The van der Waals surface area contributed by atoms with Gasteiger partial charge >= 0.3 is 0 Å². The number of halogens is 2. The van der Waals surface area contributed by atoms with Gasteiger partial charge in [-0.15, -0.1) is 0 Å². The fourth-order valence-corrected chi connectivity index (χ4v) is 6.21. The molecule has 0 aliphatic carbocycles. The van der Waals surface area contributed by atoms with Crippen molar-refractivity contribution in [1.29, 1.82) is 0 Å². The molecule has 2 saturated heterocycles. The van der Waals surface area contributed by atoms with Crippen molar-refractivity contribution in [3.8, 4) is 0 Å². The van der Waals surface area contributed by atoms with Crippen LogP contribution in [0.1, 0.15) is 31.2 Å². The van der Waals surface area contributed by atoms with Crippen molar-refractivity contribution in [2.45, 2.75) is 43.2 Å². The molecule has 2 fully saturated rings. The predicted octanol–water partition coefficient (Wildman–Crippen LogP) is 3.66. The standard InChI is InChI=1S/C24H29ClFN3O3S/c25-20-7-5-18(6-8-20)17-28-13-11-21(12-14-28)27-24(30)19-9-15-29(16-10-19)33(31,32)23-4-2-1-3-22(23)26/h1-8,19,21H,9-17H2,(H,27,30). The lowest BCUT2D eigenvalue weighted by molar-refractivity contribution is -0.127. The molecule has 0 bridgehead atoms. The SMILES string of the molecule is O=C(NC1CCN(Cc2ccc(Cl)cc2)CC1)C1CCN(S(=O)(=O)c2ccccc2F)CC1. The van der Waals surface area contributed by atoms with E-state index in [4.69, 9.17) is 11.6 Å². The van der Waals surface area contributed by atoms with E-state index in [0.29, 0.717) is 12.8 Å². The summed E-state index contributed by atoms with van der Waals surface area (Å²) in [6.45, 7) is 3.12. The Balaban J connectivity index is 1.23. The first-order valence-electron chi connectivity index (χ1n) is 11.3. The van der Waals surface area contributed by atoms with E-state index in [9.17, 15) is 17.6 Å². The van der Waals surface area contributed by atoms with Crippen LogP contribution >= 0.6 is 11.6 Å². The molecule has 4 rings (SSSR count). The molecule has 2 aromatic rings. The van der Waals surface area contributed by atoms with E-state index >= 15 is 0 Å². The Labute approximate surface area is 199 Å². The molecule has 0 unspecified atom stereocenters. The summed E-state index contributed by atoms with van der Waals surface area (Å²) in [6.07, 6.45) is 2.66. The summed E-state index contributed by atoms with van der Waals surface area (Å²) in [7, 11) is -3.89. The van der Waals surface area contributed by atoms with Gasteiger partial charge in [-0.1, -0.05) is 35.9 Å². The minimum Gasteiger partial charge on any atom is -0.353 e. The maximum Gasteiger partial charge on any atom is 0.245 e. The molecular weight excluding hydrogens is 465 g/mol. The third kappa shape index (κ3) is 5.93. The molecule has 2 aliphatic rings. The minimum absolute atomic E-state index is 0.00547. The van der Waals surface area contributed by atoms with Crippen molar-refractivity contribution in [2.75, 3.05) is 26.2 Å². The highest BCUT2D eigenvalue weighted by Crippen LogP contribution is 2.26. The van der Waals surface area contributed by atoms with Crippen LogP contribution in [0.4, 0.5) is 4.39 Å². The van der Waals surface area contributed by atoms with Crippen molar-refractivity contribution in [1.82, 2.24) is 14.5 Å². The van der Waals surface area contributed by atoms with E-state index in [1.165, 1.54) is 28.1 Å². The Hall–Kier alpha value is -2.00. The Kier molecular flexibility index (Phi) is 7.69. The molecule has 1 amide bonds. The van der Waals surface area contributed by atoms with Gasteiger partial charge in [0.25, 0.3) is 0 Å². The van der Waals surface area contributed by atoms with Crippen LogP contribution in [0.15, 0.2) is 53.4 Å². The molecule has 33 heavy (non-hydrogen) atoms. The quantitative estimate of drug-likeness (QED) is 0.666. The lowest BCUT2D eigenvalue weighted by atomic mass is 9.95. The highest BCUT2D eigenvalue weighted by Gasteiger charge is 2.34. The van der Waals surface area contributed by atoms with E-state index in [-0.39, 0.29) is 35.9 Å². The van der Waals surface area contributed by atoms with Crippen LogP contribution in [-0.4, -0.2) is 55.8 Å². The van der Waals surface area contributed by atoms with Crippen molar-refractivity contribution >= 4 is 27.5 Å². The summed E-state index contributed by atoms with van der Waals surface area (Å²) in [5.74, 6) is -0.974. The molecule has 0 spiro atoms. The summed E-state index contributed by atoms with van der Waals surface area (Å²) in [6, 6.07) is 13.4. The first kappa shape index (κ1) is 24.1. The second kappa shape index (κ2) is 10.5. The van der Waals surface area contributed by atoms with E-state index in [1.807, 2.05) is 24.3 Å². The van der Waals surface area contributed by atoms with Crippen molar-refractivity contribution in [3.05, 3.63) is 64.9 Å². The molecule has 2 heterocycles. The van der Waals surface area contributed by atoms with E-state index in [1.54, 1.807) is 0 Å². The summed E-state index contributed by atoms with van der Waals surface area (Å²) >= 11 is 5.95. The summed E-state index contributed by atoms with van der Waals surface area (Å²) in [4.78, 5) is 14.9. The van der Waals surface area contributed by atoms with Gasteiger partial charge in [-0.05, 0) is 55.5 Å². The topological polar surface area (TPSA) is 69.7 Å². The van der Waals surface area contributed by atoms with Gasteiger partial charge in [-0.3, -0.25) is 9.69 Å². The maximum absolute atomic E-state index is 14.0. The van der Waals surface area contributed by atoms with Crippen LogP contribution in [0, 0.1) is 11.7 Å². The Bertz CT molecular complexity index is 1060. The number of likely N-dealkylation sites (tertiary alicyclic amines) is 1. The molecule has 2 aromatic carbocycles. The number of piperidine rings is 2. The molecule has 0 saturated carbocycles. The van der Waals surface area contributed by atoms with Gasteiger partial charge in [0.15, 0.2) is 0 Å². The average molecular weight is 494 g/mol. The zero-order valence-corrected chi connectivity index (χ0v) is 20.0. The van der Waals surface area contributed by atoms with Crippen LogP contribution in [0.5, 0.6) is 0 Å². The molecule has 9 heteroatoms. The van der Waals surface area contributed by atoms with E-state index in [2.05, 4.69) is 10.2 Å². The van der Waals surface area contributed by atoms with Crippen molar-refractivity contribution < 1.29 is 17.6 Å². The Morgan fingerprint density at radius 1 is 0.970 bits per heavy atom. The fraction of sp³-hybridized carbons (Fsp3) is 0.458. The molecular formula is C24H29ClFN3O3S. The third-order valence-electron chi connectivity index (χ3n) is 6.53. The lowest BCUT2D eigenvalue weighted by Gasteiger charge is -2.34. The predicted molar refractivity (Wildman–Crippen MR) is 126 cm³/mol. The number of hydrogen-bond donors (Lipinski definition) is 1. The molecule has 0 atom stereocenters. The number of carbonyl (C=O) groups excluding carboxylic acids is 1. The second-order valence-corrected chi connectivity index (χ2v) is 11.1.